The molecule has 0 aliphatic carbocycles. The summed E-state index contributed by atoms with van der Waals surface area (Å²) in [4.78, 5) is 15.2. The van der Waals surface area contributed by atoms with Crippen LogP contribution in [-0.2, 0) is 27.6 Å². The minimum atomic E-state index is -3.11. The van der Waals surface area contributed by atoms with Crippen molar-refractivity contribution < 1.29 is 17.9 Å². The molecule has 1 atom stereocenters. The zero-order chi connectivity index (χ0) is 21.1. The van der Waals surface area contributed by atoms with Crippen LogP contribution in [0.1, 0.15) is 17.5 Å². The molecule has 1 heterocycles. The van der Waals surface area contributed by atoms with E-state index >= 15 is 0 Å². The van der Waals surface area contributed by atoms with Gasteiger partial charge in [0, 0.05) is 12.6 Å². The lowest BCUT2D eigenvalue weighted by Crippen LogP contribution is -2.41. The van der Waals surface area contributed by atoms with Gasteiger partial charge in [0.15, 0.2) is 9.84 Å². The minimum Gasteiger partial charge on any atom is -0.497 e. The monoisotopic (exact) mass is 423 g/mol. The van der Waals surface area contributed by atoms with Gasteiger partial charge in [-0.1, -0.05) is 54.6 Å². The third kappa shape index (κ3) is 4.49. The maximum atomic E-state index is 13.4. The molecule has 30 heavy (non-hydrogen) atoms. The fourth-order valence-electron chi connectivity index (χ4n) is 4.12. The molecule has 0 N–H and O–H groups in total. The summed E-state index contributed by atoms with van der Waals surface area (Å²) in [6.07, 6.45) is 0.718. The van der Waals surface area contributed by atoms with Gasteiger partial charge in [0.05, 0.1) is 25.0 Å². The van der Waals surface area contributed by atoms with Crippen molar-refractivity contribution in [2.75, 3.05) is 18.6 Å². The van der Waals surface area contributed by atoms with Gasteiger partial charge in [-0.05, 0) is 40.5 Å². The molecule has 3 aromatic carbocycles. The fourth-order valence-corrected chi connectivity index (χ4v) is 5.85. The van der Waals surface area contributed by atoms with Crippen molar-refractivity contribution in [3.05, 3.63) is 77.9 Å². The predicted octanol–water partition coefficient (Wildman–Crippen LogP) is 3.61. The van der Waals surface area contributed by atoms with Crippen LogP contribution in [0.2, 0.25) is 0 Å². The molecule has 1 saturated heterocycles. The molecular weight excluding hydrogens is 398 g/mol. The Morgan fingerprint density at radius 2 is 1.83 bits per heavy atom. The Morgan fingerprint density at radius 1 is 1.07 bits per heavy atom. The Bertz CT molecular complexity index is 1170. The second-order valence-electron chi connectivity index (χ2n) is 7.75. The number of benzene rings is 3. The van der Waals surface area contributed by atoms with Crippen molar-refractivity contribution in [1.82, 2.24) is 4.90 Å². The zero-order valence-electron chi connectivity index (χ0n) is 17.0. The summed E-state index contributed by atoms with van der Waals surface area (Å²) >= 11 is 0. The minimum absolute atomic E-state index is 0.0260. The Hall–Kier alpha value is -2.86. The Kier molecular flexibility index (Phi) is 5.77. The normalized spacial score (nSPS) is 17.7. The highest BCUT2D eigenvalue weighted by molar-refractivity contribution is 7.91. The van der Waals surface area contributed by atoms with Gasteiger partial charge >= 0.3 is 0 Å². The van der Waals surface area contributed by atoms with Crippen molar-refractivity contribution in [3.8, 4) is 5.75 Å². The van der Waals surface area contributed by atoms with Crippen LogP contribution < -0.4 is 4.74 Å². The molecule has 0 unspecified atom stereocenters. The fraction of sp³-hybridized carbons (Fsp3) is 0.292. The molecule has 0 aromatic heterocycles. The van der Waals surface area contributed by atoms with Crippen molar-refractivity contribution in [3.63, 3.8) is 0 Å². The van der Waals surface area contributed by atoms with Crippen LogP contribution in [0.4, 0.5) is 0 Å². The molecule has 6 heteroatoms. The highest BCUT2D eigenvalue weighted by atomic mass is 32.2. The van der Waals surface area contributed by atoms with Crippen LogP contribution in [0.25, 0.3) is 10.8 Å². The van der Waals surface area contributed by atoms with Gasteiger partial charge in [0.25, 0.3) is 0 Å². The van der Waals surface area contributed by atoms with E-state index in [-0.39, 0.29) is 29.9 Å². The second kappa shape index (κ2) is 8.48. The van der Waals surface area contributed by atoms with E-state index in [1.54, 1.807) is 12.0 Å². The topological polar surface area (TPSA) is 63.7 Å². The van der Waals surface area contributed by atoms with Crippen LogP contribution in [0, 0.1) is 0 Å². The molecule has 1 aliphatic heterocycles. The van der Waals surface area contributed by atoms with Gasteiger partial charge in [-0.3, -0.25) is 4.79 Å². The number of fused-ring (bicyclic) bond motifs is 1. The number of hydrogen-bond acceptors (Lipinski definition) is 4. The van der Waals surface area contributed by atoms with E-state index in [9.17, 15) is 13.2 Å². The molecule has 156 valence electrons. The van der Waals surface area contributed by atoms with Gasteiger partial charge in [-0.15, -0.1) is 0 Å². The van der Waals surface area contributed by atoms with Crippen LogP contribution in [-0.4, -0.2) is 43.9 Å². The average Bonchev–Trinajstić information content (AvgIpc) is 3.11. The number of hydrogen-bond donors (Lipinski definition) is 0. The average molecular weight is 424 g/mol. The van der Waals surface area contributed by atoms with Crippen LogP contribution in [0.5, 0.6) is 5.75 Å². The number of rotatable bonds is 6. The summed E-state index contributed by atoms with van der Waals surface area (Å²) in [6.45, 7) is 0.362. The standard InChI is InChI=1S/C24H25NO4S/c1-29-22-10-4-6-18(14-22)16-25(21-12-13-30(27,28)17-21)24(26)15-20-9-5-8-19-7-2-3-11-23(19)20/h2-11,14,21H,12-13,15-17H2,1H3/t21-/m1/s1. The zero-order valence-corrected chi connectivity index (χ0v) is 17.8. The van der Waals surface area contributed by atoms with E-state index in [1.165, 1.54) is 0 Å². The van der Waals surface area contributed by atoms with Crippen molar-refractivity contribution >= 4 is 26.5 Å². The third-order valence-corrected chi connectivity index (χ3v) is 7.43. The number of carbonyl (C=O) groups is 1. The lowest BCUT2D eigenvalue weighted by molar-refractivity contribution is -0.133. The molecule has 1 fully saturated rings. The molecule has 0 bridgehead atoms. The number of sulfone groups is 1. The molecule has 3 aromatic rings. The highest BCUT2D eigenvalue weighted by Crippen LogP contribution is 2.25. The van der Waals surface area contributed by atoms with Crippen molar-refractivity contribution in [1.29, 1.82) is 0 Å². The van der Waals surface area contributed by atoms with Crippen LogP contribution in [0.3, 0.4) is 0 Å². The molecule has 1 amide bonds. The van der Waals surface area contributed by atoms with E-state index in [2.05, 4.69) is 0 Å². The van der Waals surface area contributed by atoms with E-state index in [0.29, 0.717) is 18.7 Å². The maximum Gasteiger partial charge on any atom is 0.227 e. The number of nitrogens with zero attached hydrogens (tertiary/aromatic N) is 1. The van der Waals surface area contributed by atoms with Gasteiger partial charge in [-0.2, -0.15) is 0 Å². The van der Waals surface area contributed by atoms with E-state index in [4.69, 9.17) is 4.74 Å². The van der Waals surface area contributed by atoms with E-state index in [1.807, 2.05) is 66.7 Å². The Balaban J connectivity index is 1.63. The SMILES string of the molecule is COc1cccc(CN(C(=O)Cc2cccc3ccccc23)[C@@H]2CCS(=O)(=O)C2)c1. The van der Waals surface area contributed by atoms with Crippen molar-refractivity contribution in [2.24, 2.45) is 0 Å². The second-order valence-corrected chi connectivity index (χ2v) is 9.97. The quantitative estimate of drug-likeness (QED) is 0.608. The molecule has 0 spiro atoms. The first-order valence-corrected chi connectivity index (χ1v) is 11.9. The smallest absolute Gasteiger partial charge is 0.227 e. The Morgan fingerprint density at radius 3 is 2.60 bits per heavy atom. The first-order valence-electron chi connectivity index (χ1n) is 10.0. The first kappa shape index (κ1) is 20.4. The highest BCUT2D eigenvalue weighted by Gasteiger charge is 2.34. The summed E-state index contributed by atoms with van der Waals surface area (Å²) in [7, 11) is -1.50. The van der Waals surface area contributed by atoms with Gasteiger partial charge < -0.3 is 9.64 Å². The number of amides is 1. The Labute approximate surface area is 177 Å². The van der Waals surface area contributed by atoms with Crippen LogP contribution in [0.15, 0.2) is 66.7 Å². The van der Waals surface area contributed by atoms with Crippen LogP contribution >= 0.6 is 0 Å². The number of methoxy groups -OCH3 is 1. The molecule has 0 saturated carbocycles. The third-order valence-electron chi connectivity index (χ3n) is 5.68. The summed E-state index contributed by atoms with van der Waals surface area (Å²) in [6, 6.07) is 21.2. The lowest BCUT2D eigenvalue weighted by Gasteiger charge is -2.29. The van der Waals surface area contributed by atoms with Gasteiger partial charge in [0.1, 0.15) is 5.75 Å². The number of ether oxygens (including phenoxy) is 1. The molecule has 1 aliphatic rings. The molecular formula is C24H25NO4S. The number of carbonyl (C=O) groups excluding carboxylic acids is 1. The molecule has 0 radical (unpaired) electrons. The predicted molar refractivity (Wildman–Crippen MR) is 118 cm³/mol. The summed E-state index contributed by atoms with van der Waals surface area (Å²) in [5.74, 6) is 0.816. The largest absolute Gasteiger partial charge is 0.497 e. The summed E-state index contributed by atoms with van der Waals surface area (Å²) < 4.78 is 29.5. The summed E-state index contributed by atoms with van der Waals surface area (Å²) in [5, 5.41) is 2.14. The van der Waals surface area contributed by atoms with Gasteiger partial charge in [0.2, 0.25) is 5.91 Å². The summed E-state index contributed by atoms with van der Waals surface area (Å²) in [5.41, 5.74) is 1.87. The lowest BCUT2D eigenvalue weighted by atomic mass is 10.0. The molecule has 4 rings (SSSR count). The van der Waals surface area contributed by atoms with Gasteiger partial charge in [-0.25, -0.2) is 8.42 Å². The van der Waals surface area contributed by atoms with E-state index in [0.717, 1.165) is 21.9 Å². The molecule has 5 nitrogen and oxygen atoms in total. The first-order chi connectivity index (χ1) is 14.4. The maximum absolute atomic E-state index is 13.4. The van der Waals surface area contributed by atoms with Crippen molar-refractivity contribution in [2.45, 2.75) is 25.4 Å². The van der Waals surface area contributed by atoms with E-state index < -0.39 is 9.84 Å².